The van der Waals surface area contributed by atoms with Gasteiger partial charge in [0.05, 0.1) is 17.5 Å². The Morgan fingerprint density at radius 1 is 1.29 bits per heavy atom. The Labute approximate surface area is 136 Å². The zero-order valence-electron chi connectivity index (χ0n) is 11.9. The number of nitrogens with two attached hydrogens (primary N) is 1. The molecule has 1 aliphatic heterocycles. The first kappa shape index (κ1) is 19.4. The average molecular weight is 388 g/mol. The van der Waals surface area contributed by atoms with Crippen LogP contribution in [0, 0.1) is 0 Å². The SMILES string of the molecule is NS(=O)(=O)C1CC2=C(C1=O)C(NCC(O)(O)O)C(O)(O)CS2(=O)=O. The number of allylic oxidation sites excluding steroid dienone is 1. The Kier molecular flexibility index (Phi) is 4.45. The number of sulfone groups is 1. The van der Waals surface area contributed by atoms with Crippen LogP contribution in [-0.2, 0) is 24.7 Å². The van der Waals surface area contributed by atoms with Crippen LogP contribution in [-0.4, -0.2) is 83.5 Å². The van der Waals surface area contributed by atoms with Gasteiger partial charge in [-0.05, 0) is 0 Å². The topological polar surface area (TPSA) is 225 Å². The fourth-order valence-electron chi connectivity index (χ4n) is 2.73. The number of carbonyl (C=O) groups excluding carboxylic acids is 1. The van der Waals surface area contributed by atoms with E-state index in [2.05, 4.69) is 0 Å². The van der Waals surface area contributed by atoms with Crippen molar-refractivity contribution in [3.63, 3.8) is 0 Å². The third-order valence-electron chi connectivity index (χ3n) is 3.70. The summed E-state index contributed by atoms with van der Waals surface area (Å²) in [6, 6.07) is -1.89. The highest BCUT2D eigenvalue weighted by molar-refractivity contribution is 7.95. The zero-order valence-corrected chi connectivity index (χ0v) is 13.6. The van der Waals surface area contributed by atoms with Gasteiger partial charge in [-0.1, -0.05) is 0 Å². The zero-order chi connectivity index (χ0) is 18.7. The number of hydrogen-bond acceptors (Lipinski definition) is 11. The predicted octanol–water partition coefficient (Wildman–Crippen LogP) is -5.43. The number of rotatable bonds is 4. The molecule has 0 bridgehead atoms. The second kappa shape index (κ2) is 5.52. The number of nitrogens with one attached hydrogen (secondary N) is 1. The summed E-state index contributed by atoms with van der Waals surface area (Å²) in [6.45, 7) is -1.09. The van der Waals surface area contributed by atoms with Crippen molar-refractivity contribution in [3.05, 3.63) is 10.5 Å². The van der Waals surface area contributed by atoms with E-state index in [4.69, 9.17) is 20.5 Å². The molecule has 0 saturated heterocycles. The largest absolute Gasteiger partial charge is 0.363 e. The summed E-state index contributed by atoms with van der Waals surface area (Å²) >= 11 is 0. The molecule has 0 fully saturated rings. The van der Waals surface area contributed by atoms with Gasteiger partial charge in [-0.15, -0.1) is 0 Å². The van der Waals surface area contributed by atoms with E-state index in [1.807, 2.05) is 5.32 Å². The van der Waals surface area contributed by atoms with Crippen LogP contribution >= 0.6 is 0 Å². The molecule has 0 amide bonds. The van der Waals surface area contributed by atoms with Gasteiger partial charge in [0.2, 0.25) is 10.0 Å². The average Bonchev–Trinajstić information content (AvgIpc) is 2.64. The highest BCUT2D eigenvalue weighted by atomic mass is 32.2. The van der Waals surface area contributed by atoms with Crippen molar-refractivity contribution in [1.29, 1.82) is 0 Å². The molecule has 0 radical (unpaired) electrons. The summed E-state index contributed by atoms with van der Waals surface area (Å²) in [4.78, 5) is 11.6. The van der Waals surface area contributed by atoms with E-state index in [9.17, 15) is 31.8 Å². The first-order valence-corrected chi connectivity index (χ1v) is 9.69. The van der Waals surface area contributed by atoms with Crippen molar-refractivity contribution >= 4 is 25.6 Å². The Balaban J connectivity index is 2.54. The number of primary sulfonamides is 1. The molecular formula is C10H16N2O10S2. The molecule has 0 aromatic heterocycles. The molecule has 24 heavy (non-hydrogen) atoms. The number of carbonyl (C=O) groups is 1. The molecule has 2 aliphatic rings. The molecule has 138 valence electrons. The third-order valence-corrected chi connectivity index (χ3v) is 6.81. The fourth-order valence-corrected chi connectivity index (χ4v) is 5.53. The lowest BCUT2D eigenvalue weighted by molar-refractivity contribution is -0.308. The van der Waals surface area contributed by atoms with E-state index in [0.29, 0.717) is 0 Å². The minimum absolute atomic E-state index is 0.623. The third kappa shape index (κ3) is 3.51. The monoisotopic (exact) mass is 388 g/mol. The van der Waals surface area contributed by atoms with Gasteiger partial charge in [0, 0.05) is 12.0 Å². The van der Waals surface area contributed by atoms with Gasteiger partial charge in [-0.25, -0.2) is 22.0 Å². The van der Waals surface area contributed by atoms with Crippen LogP contribution in [0.1, 0.15) is 6.42 Å². The Morgan fingerprint density at radius 2 is 1.83 bits per heavy atom. The van der Waals surface area contributed by atoms with Crippen molar-refractivity contribution in [2.45, 2.75) is 29.5 Å². The van der Waals surface area contributed by atoms with Crippen LogP contribution in [0.15, 0.2) is 10.5 Å². The van der Waals surface area contributed by atoms with Gasteiger partial charge in [-0.3, -0.25) is 10.1 Å². The molecule has 12 nitrogen and oxygen atoms in total. The van der Waals surface area contributed by atoms with Crippen LogP contribution in [0.3, 0.4) is 0 Å². The van der Waals surface area contributed by atoms with E-state index in [1.165, 1.54) is 0 Å². The van der Waals surface area contributed by atoms with Crippen molar-refractivity contribution in [2.24, 2.45) is 5.14 Å². The first-order chi connectivity index (χ1) is 10.6. The molecule has 1 aliphatic carbocycles. The van der Waals surface area contributed by atoms with E-state index >= 15 is 0 Å². The maximum atomic E-state index is 12.3. The predicted molar refractivity (Wildman–Crippen MR) is 75.7 cm³/mol. The first-order valence-electron chi connectivity index (χ1n) is 6.43. The fraction of sp³-hybridized carbons (Fsp3) is 0.700. The summed E-state index contributed by atoms with van der Waals surface area (Å²) in [7, 11) is -8.83. The lowest BCUT2D eigenvalue weighted by atomic mass is 9.97. The molecule has 14 heteroatoms. The molecule has 1 heterocycles. The van der Waals surface area contributed by atoms with Crippen LogP contribution in [0.2, 0.25) is 0 Å². The van der Waals surface area contributed by atoms with Gasteiger partial charge in [-0.2, -0.15) is 0 Å². The Hall–Kier alpha value is -0.970. The molecule has 0 spiro atoms. The summed E-state index contributed by atoms with van der Waals surface area (Å²) in [5.74, 6) is -8.88. The minimum Gasteiger partial charge on any atom is -0.363 e. The number of ketones is 1. The Morgan fingerprint density at radius 3 is 2.29 bits per heavy atom. The summed E-state index contributed by atoms with van der Waals surface area (Å²) in [5.41, 5.74) is -0.755. The highest BCUT2D eigenvalue weighted by Crippen LogP contribution is 2.40. The molecule has 0 aromatic rings. The van der Waals surface area contributed by atoms with E-state index < -0.39 is 77.9 Å². The number of sulfonamides is 1. The molecule has 8 N–H and O–H groups in total. The Bertz CT molecular complexity index is 805. The lowest BCUT2D eigenvalue weighted by Gasteiger charge is -2.37. The van der Waals surface area contributed by atoms with Gasteiger partial charge < -0.3 is 25.5 Å². The molecule has 2 unspecified atom stereocenters. The lowest BCUT2D eigenvalue weighted by Crippen LogP contribution is -2.61. The second-order valence-electron chi connectivity index (χ2n) is 5.71. The number of aliphatic hydroxyl groups is 5. The van der Waals surface area contributed by atoms with Crippen LogP contribution in [0.25, 0.3) is 0 Å². The summed E-state index contributed by atoms with van der Waals surface area (Å²) < 4.78 is 47.1. The van der Waals surface area contributed by atoms with E-state index in [0.717, 1.165) is 0 Å². The smallest absolute Gasteiger partial charge is 0.288 e. The van der Waals surface area contributed by atoms with Gasteiger partial charge in [0.1, 0.15) is 11.0 Å². The van der Waals surface area contributed by atoms with Gasteiger partial charge in [0.25, 0.3) is 5.97 Å². The van der Waals surface area contributed by atoms with Crippen LogP contribution < -0.4 is 10.5 Å². The highest BCUT2D eigenvalue weighted by Gasteiger charge is 2.57. The normalized spacial score (nSPS) is 29.7. The van der Waals surface area contributed by atoms with Crippen molar-refractivity contribution < 1.29 is 47.2 Å². The molecular weight excluding hydrogens is 372 g/mol. The number of hydrogen-bond donors (Lipinski definition) is 7. The number of Topliss-reactive ketones (excluding diaryl/α,β-unsaturated/α-hetero) is 1. The molecule has 0 aromatic carbocycles. The van der Waals surface area contributed by atoms with Gasteiger partial charge in [0.15, 0.2) is 21.4 Å². The van der Waals surface area contributed by atoms with Crippen molar-refractivity contribution in [2.75, 3.05) is 12.3 Å². The summed E-state index contributed by atoms with van der Waals surface area (Å²) in [5, 5.41) is 51.4. The van der Waals surface area contributed by atoms with Crippen LogP contribution in [0.4, 0.5) is 0 Å². The van der Waals surface area contributed by atoms with Crippen molar-refractivity contribution in [3.8, 4) is 0 Å². The quantitative estimate of drug-likeness (QED) is 0.225. The maximum Gasteiger partial charge on any atom is 0.288 e. The molecule has 2 atom stereocenters. The molecule has 0 saturated carbocycles. The summed E-state index contributed by atoms with van der Waals surface area (Å²) in [6.07, 6.45) is -0.758. The molecule has 2 rings (SSSR count). The van der Waals surface area contributed by atoms with E-state index in [-0.39, 0.29) is 0 Å². The van der Waals surface area contributed by atoms with Gasteiger partial charge >= 0.3 is 0 Å². The standard InChI is InChI=1S/C10H16N2O10S2/c11-24(21,22)5-1-4-6(7(5)13)8(12-2-10(16,17)18)9(14,15)3-23(4,19)20/h5,8,12,14-18H,1-3H2,(H2,11,21,22). The minimum atomic E-state index is -4.46. The van der Waals surface area contributed by atoms with E-state index in [1.54, 1.807) is 0 Å². The van der Waals surface area contributed by atoms with Crippen molar-refractivity contribution in [1.82, 2.24) is 5.32 Å². The maximum absolute atomic E-state index is 12.3. The second-order valence-corrected chi connectivity index (χ2v) is 9.47. The van der Waals surface area contributed by atoms with Crippen LogP contribution in [0.5, 0.6) is 0 Å².